The number of amides is 2. The minimum atomic E-state index is -0.656. The Morgan fingerprint density at radius 1 is 1.14 bits per heavy atom. The number of H-pyrrole nitrogens is 1. The highest BCUT2D eigenvalue weighted by Crippen LogP contribution is 2.25. The lowest BCUT2D eigenvalue weighted by atomic mass is 10.1. The maximum atomic E-state index is 12.5. The molecule has 10 heteroatoms. The molecule has 0 saturated carbocycles. The van der Waals surface area contributed by atoms with E-state index in [9.17, 15) is 19.2 Å². The third kappa shape index (κ3) is 2.55. The molecule has 140 valence electrons. The maximum absolute atomic E-state index is 12.5. The second kappa shape index (κ2) is 6.20. The molecule has 0 unspecified atom stereocenters. The van der Waals surface area contributed by atoms with Crippen LogP contribution in [0, 0.1) is 0 Å². The summed E-state index contributed by atoms with van der Waals surface area (Å²) in [6.07, 6.45) is 0. The fourth-order valence-electron chi connectivity index (χ4n) is 3.03. The first-order valence-corrected chi connectivity index (χ1v) is 8.06. The van der Waals surface area contributed by atoms with Crippen LogP contribution < -0.4 is 16.6 Å². The van der Waals surface area contributed by atoms with Gasteiger partial charge in [0.05, 0.1) is 29.6 Å². The first kappa shape index (κ1) is 17.2. The van der Waals surface area contributed by atoms with Crippen molar-refractivity contribution in [3.8, 4) is 16.9 Å². The fourth-order valence-corrected chi connectivity index (χ4v) is 3.03. The lowest BCUT2D eigenvalue weighted by Crippen LogP contribution is -2.24. The van der Waals surface area contributed by atoms with Crippen molar-refractivity contribution in [1.29, 1.82) is 0 Å². The van der Waals surface area contributed by atoms with Gasteiger partial charge in [-0.25, -0.2) is 4.79 Å². The van der Waals surface area contributed by atoms with E-state index in [1.807, 2.05) is 0 Å². The molecule has 2 amide bonds. The number of methoxy groups -OCH3 is 1. The minimum absolute atomic E-state index is 0.0391. The van der Waals surface area contributed by atoms with E-state index in [2.05, 4.69) is 20.3 Å². The lowest BCUT2D eigenvalue weighted by molar-refractivity contribution is 0.0593. The summed E-state index contributed by atoms with van der Waals surface area (Å²) in [4.78, 5) is 47.9. The number of aromatic nitrogens is 3. The lowest BCUT2D eigenvalue weighted by Gasteiger charge is -2.12. The third-order valence-electron chi connectivity index (χ3n) is 4.34. The molecule has 10 nitrogen and oxygen atoms in total. The molecule has 0 spiro atoms. The minimum Gasteiger partial charge on any atom is -0.464 e. The molecular formula is C18H13N5O5. The number of rotatable bonds is 3. The molecular weight excluding hydrogens is 366 g/mol. The van der Waals surface area contributed by atoms with Crippen molar-refractivity contribution in [3.05, 3.63) is 63.6 Å². The zero-order valence-electron chi connectivity index (χ0n) is 14.5. The second-order valence-electron chi connectivity index (χ2n) is 5.98. The standard InChI is InChI=1S/C18H13N5O5/c1-28-18(27)12-7-11(21-22-12)8-3-2-4-9(5-8)23-13(24)6-10-14(15(23)19)17(26)20-16(10)25/h2-7H,19H2,1H3,(H,21,22)(H,20,25,26). The number of nitrogens with zero attached hydrogens (tertiary/aromatic N) is 2. The topological polar surface area (TPSA) is 149 Å². The Labute approximate surface area is 156 Å². The third-order valence-corrected chi connectivity index (χ3v) is 4.34. The molecule has 3 heterocycles. The van der Waals surface area contributed by atoms with Crippen molar-refractivity contribution < 1.29 is 19.1 Å². The number of benzene rings is 1. The van der Waals surface area contributed by atoms with Crippen molar-refractivity contribution in [2.45, 2.75) is 0 Å². The summed E-state index contributed by atoms with van der Waals surface area (Å²) in [5, 5.41) is 8.75. The molecule has 1 aromatic carbocycles. The molecule has 0 saturated heterocycles. The van der Waals surface area contributed by atoms with Crippen molar-refractivity contribution in [3.63, 3.8) is 0 Å². The molecule has 28 heavy (non-hydrogen) atoms. The number of hydrogen-bond donors (Lipinski definition) is 3. The van der Waals surface area contributed by atoms with E-state index < -0.39 is 23.3 Å². The Hall–Kier alpha value is -4.21. The van der Waals surface area contributed by atoms with Crippen LogP contribution in [0.1, 0.15) is 31.2 Å². The van der Waals surface area contributed by atoms with Gasteiger partial charge in [-0.3, -0.25) is 29.4 Å². The molecule has 4 rings (SSSR count). The molecule has 0 aliphatic carbocycles. The van der Waals surface area contributed by atoms with Gasteiger partial charge in [0, 0.05) is 11.6 Å². The fraction of sp³-hybridized carbons (Fsp3) is 0.0556. The van der Waals surface area contributed by atoms with E-state index in [4.69, 9.17) is 5.73 Å². The predicted molar refractivity (Wildman–Crippen MR) is 97.2 cm³/mol. The van der Waals surface area contributed by atoms with Gasteiger partial charge in [0.2, 0.25) is 0 Å². The Morgan fingerprint density at radius 3 is 2.68 bits per heavy atom. The van der Waals surface area contributed by atoms with Crippen molar-refractivity contribution in [1.82, 2.24) is 20.1 Å². The summed E-state index contributed by atoms with van der Waals surface area (Å²) >= 11 is 0. The van der Waals surface area contributed by atoms with E-state index in [0.29, 0.717) is 16.9 Å². The van der Waals surface area contributed by atoms with Crippen LogP contribution in [0.5, 0.6) is 0 Å². The van der Waals surface area contributed by atoms with E-state index in [1.54, 1.807) is 24.3 Å². The highest BCUT2D eigenvalue weighted by atomic mass is 16.5. The molecule has 0 bridgehead atoms. The van der Waals surface area contributed by atoms with Gasteiger partial charge >= 0.3 is 5.97 Å². The van der Waals surface area contributed by atoms with Crippen LogP contribution in [-0.4, -0.2) is 39.7 Å². The number of esters is 1. The number of nitrogens with one attached hydrogen (secondary N) is 2. The summed E-state index contributed by atoms with van der Waals surface area (Å²) in [6.45, 7) is 0. The molecule has 1 aliphatic rings. The number of pyridine rings is 1. The number of imide groups is 1. The van der Waals surface area contributed by atoms with Crippen LogP contribution in [-0.2, 0) is 4.74 Å². The molecule has 3 aromatic rings. The summed E-state index contributed by atoms with van der Waals surface area (Å²) in [5.41, 5.74) is 6.98. The predicted octanol–water partition coefficient (Wildman–Crippen LogP) is 0.480. The van der Waals surface area contributed by atoms with E-state index in [-0.39, 0.29) is 22.6 Å². The summed E-state index contributed by atoms with van der Waals surface area (Å²) in [7, 11) is 1.26. The average Bonchev–Trinajstić information content (AvgIpc) is 3.27. The molecule has 0 atom stereocenters. The number of anilines is 1. The highest BCUT2D eigenvalue weighted by Gasteiger charge is 2.31. The van der Waals surface area contributed by atoms with Crippen LogP contribution in [0.15, 0.2) is 41.2 Å². The molecule has 1 aliphatic heterocycles. The molecule has 4 N–H and O–H groups in total. The van der Waals surface area contributed by atoms with Crippen molar-refractivity contribution >= 4 is 23.6 Å². The van der Waals surface area contributed by atoms with E-state index in [0.717, 1.165) is 10.6 Å². The second-order valence-corrected chi connectivity index (χ2v) is 5.98. The maximum Gasteiger partial charge on any atom is 0.356 e. The molecule has 0 radical (unpaired) electrons. The molecule has 2 aromatic heterocycles. The number of nitrogens with two attached hydrogens (primary N) is 1. The zero-order chi connectivity index (χ0) is 20.0. The van der Waals surface area contributed by atoms with Crippen LogP contribution in [0.25, 0.3) is 16.9 Å². The number of aromatic amines is 1. The number of hydrogen-bond acceptors (Lipinski definition) is 7. The van der Waals surface area contributed by atoms with Gasteiger partial charge in [0.25, 0.3) is 17.4 Å². The summed E-state index contributed by atoms with van der Waals surface area (Å²) in [6, 6.07) is 9.22. The quantitative estimate of drug-likeness (QED) is 0.442. The van der Waals surface area contributed by atoms with Gasteiger partial charge in [0.1, 0.15) is 11.5 Å². The van der Waals surface area contributed by atoms with Gasteiger partial charge in [0.15, 0.2) is 0 Å². The van der Waals surface area contributed by atoms with Gasteiger partial charge < -0.3 is 10.5 Å². The smallest absolute Gasteiger partial charge is 0.356 e. The van der Waals surface area contributed by atoms with Crippen molar-refractivity contribution in [2.24, 2.45) is 0 Å². The van der Waals surface area contributed by atoms with Crippen LogP contribution in [0.2, 0.25) is 0 Å². The number of fused-ring (bicyclic) bond motifs is 1. The Kier molecular flexibility index (Phi) is 3.81. The monoisotopic (exact) mass is 379 g/mol. The Morgan fingerprint density at radius 2 is 1.93 bits per heavy atom. The van der Waals surface area contributed by atoms with Crippen LogP contribution >= 0.6 is 0 Å². The Balaban J connectivity index is 1.83. The first-order valence-electron chi connectivity index (χ1n) is 8.06. The van der Waals surface area contributed by atoms with Gasteiger partial charge in [-0.1, -0.05) is 12.1 Å². The van der Waals surface area contributed by atoms with Gasteiger partial charge in [-0.2, -0.15) is 5.10 Å². The van der Waals surface area contributed by atoms with E-state index in [1.165, 1.54) is 13.2 Å². The van der Waals surface area contributed by atoms with Gasteiger partial charge in [-0.05, 0) is 18.2 Å². The van der Waals surface area contributed by atoms with E-state index >= 15 is 0 Å². The van der Waals surface area contributed by atoms with Gasteiger partial charge in [-0.15, -0.1) is 0 Å². The Bertz CT molecular complexity index is 1220. The first-order chi connectivity index (χ1) is 13.4. The summed E-state index contributed by atoms with van der Waals surface area (Å²) < 4.78 is 5.77. The average molecular weight is 379 g/mol. The number of carbonyl (C=O) groups excluding carboxylic acids is 3. The largest absolute Gasteiger partial charge is 0.464 e. The zero-order valence-corrected chi connectivity index (χ0v) is 14.5. The number of ether oxygens (including phenoxy) is 1. The highest BCUT2D eigenvalue weighted by molar-refractivity contribution is 6.23. The van der Waals surface area contributed by atoms with Crippen LogP contribution in [0.4, 0.5) is 5.82 Å². The van der Waals surface area contributed by atoms with Crippen molar-refractivity contribution in [2.75, 3.05) is 12.8 Å². The number of carbonyl (C=O) groups is 3. The normalized spacial score (nSPS) is 12.6. The molecule has 0 fully saturated rings. The SMILES string of the molecule is COC(=O)c1cc(-c2cccc(-n3c(N)c4c(cc3=O)C(=O)NC4=O)c2)n[nH]1. The summed E-state index contributed by atoms with van der Waals surface area (Å²) in [5.74, 6) is -2.01. The van der Waals surface area contributed by atoms with Crippen LogP contribution in [0.3, 0.4) is 0 Å². The number of nitrogen functional groups attached to an aromatic ring is 1.